The fourth-order valence-electron chi connectivity index (χ4n) is 1.14. The molecule has 0 bridgehead atoms. The molecule has 0 aliphatic heterocycles. The highest BCUT2D eigenvalue weighted by atomic mass is 16.5. The zero-order valence-electron chi connectivity index (χ0n) is 7.61. The molecule has 0 aliphatic rings. The number of rotatable bonds is 3. The summed E-state index contributed by atoms with van der Waals surface area (Å²) in [5, 5.41) is 12.6. The lowest BCUT2D eigenvalue weighted by Crippen LogP contribution is -2.21. The Labute approximate surface area is 71.8 Å². The van der Waals surface area contributed by atoms with E-state index in [1.807, 2.05) is 11.9 Å². The molecular weight excluding hydrogens is 156 g/mol. The molecular formula is C8H14N2O2. The van der Waals surface area contributed by atoms with Crippen LogP contribution in [0, 0.1) is 5.92 Å². The Balaban J connectivity index is 2.65. The van der Waals surface area contributed by atoms with Gasteiger partial charge in [-0.05, 0) is 5.92 Å². The number of hydrogen-bond donors (Lipinski definition) is 1. The van der Waals surface area contributed by atoms with E-state index in [9.17, 15) is 0 Å². The maximum Gasteiger partial charge on any atom is 0.332 e. The molecule has 0 atom stereocenters. The Morgan fingerprint density at radius 2 is 2.33 bits per heavy atom. The van der Waals surface area contributed by atoms with Crippen molar-refractivity contribution in [2.75, 3.05) is 18.5 Å². The first-order chi connectivity index (χ1) is 5.61. The minimum Gasteiger partial charge on any atom is -0.478 e. The number of aromatic hydroxyl groups is 1. The van der Waals surface area contributed by atoms with Gasteiger partial charge < -0.3 is 14.5 Å². The Bertz CT molecular complexity index is 245. The van der Waals surface area contributed by atoms with Crippen molar-refractivity contribution in [3.05, 3.63) is 6.20 Å². The van der Waals surface area contributed by atoms with Gasteiger partial charge in [0.25, 0.3) is 0 Å². The summed E-state index contributed by atoms with van der Waals surface area (Å²) in [6.45, 7) is 5.09. The molecule has 0 amide bonds. The molecule has 1 N–H and O–H groups in total. The van der Waals surface area contributed by atoms with Crippen LogP contribution < -0.4 is 4.90 Å². The Morgan fingerprint density at radius 1 is 1.67 bits per heavy atom. The van der Waals surface area contributed by atoms with Crippen LogP contribution in [0.2, 0.25) is 0 Å². The molecule has 12 heavy (non-hydrogen) atoms. The Kier molecular flexibility index (Phi) is 2.58. The lowest BCUT2D eigenvalue weighted by Gasteiger charge is -2.18. The van der Waals surface area contributed by atoms with Gasteiger partial charge in [0, 0.05) is 13.6 Å². The van der Waals surface area contributed by atoms with Crippen molar-refractivity contribution >= 4 is 5.69 Å². The van der Waals surface area contributed by atoms with E-state index in [1.54, 1.807) is 0 Å². The normalized spacial score (nSPS) is 10.7. The predicted molar refractivity (Wildman–Crippen MR) is 46.3 cm³/mol. The molecule has 4 nitrogen and oxygen atoms in total. The summed E-state index contributed by atoms with van der Waals surface area (Å²) in [7, 11) is 1.90. The van der Waals surface area contributed by atoms with Crippen molar-refractivity contribution in [1.82, 2.24) is 5.16 Å². The highest BCUT2D eigenvalue weighted by Crippen LogP contribution is 2.25. The summed E-state index contributed by atoms with van der Waals surface area (Å²) in [4.78, 5) is 1.91. The van der Waals surface area contributed by atoms with Gasteiger partial charge in [0.15, 0.2) is 0 Å². The molecule has 1 aromatic rings. The summed E-state index contributed by atoms with van der Waals surface area (Å²) < 4.78 is 4.53. The van der Waals surface area contributed by atoms with Crippen LogP contribution in [0.15, 0.2) is 10.7 Å². The lowest BCUT2D eigenvalue weighted by atomic mass is 10.2. The van der Waals surface area contributed by atoms with E-state index < -0.39 is 0 Å². The van der Waals surface area contributed by atoms with Gasteiger partial charge in [-0.1, -0.05) is 19.0 Å². The summed E-state index contributed by atoms with van der Waals surface area (Å²) in [5.74, 6) is 0.433. The average Bonchev–Trinajstić information content (AvgIpc) is 2.33. The summed E-state index contributed by atoms with van der Waals surface area (Å²) in [6, 6.07) is 0. The van der Waals surface area contributed by atoms with Crippen LogP contribution >= 0.6 is 0 Å². The summed E-state index contributed by atoms with van der Waals surface area (Å²) in [6.07, 6.45) is 1.51. The van der Waals surface area contributed by atoms with Crippen LogP contribution in [-0.4, -0.2) is 23.9 Å². The molecule has 4 heteroatoms. The van der Waals surface area contributed by atoms with Crippen molar-refractivity contribution in [2.24, 2.45) is 5.92 Å². The molecule has 0 saturated heterocycles. The van der Waals surface area contributed by atoms with E-state index >= 15 is 0 Å². The average molecular weight is 170 g/mol. The first-order valence-corrected chi connectivity index (χ1v) is 3.96. The van der Waals surface area contributed by atoms with Crippen LogP contribution in [0.25, 0.3) is 0 Å². The molecule has 1 aromatic heterocycles. The maximum atomic E-state index is 9.16. The molecule has 68 valence electrons. The summed E-state index contributed by atoms with van der Waals surface area (Å²) in [5.41, 5.74) is 0.642. The molecule has 0 aromatic carbocycles. The maximum absolute atomic E-state index is 9.16. The second kappa shape index (κ2) is 3.47. The minimum absolute atomic E-state index is 0.113. The second-order valence-electron chi connectivity index (χ2n) is 3.29. The Morgan fingerprint density at radius 3 is 2.75 bits per heavy atom. The van der Waals surface area contributed by atoms with Crippen LogP contribution in [0.5, 0.6) is 5.95 Å². The number of hydrogen-bond acceptors (Lipinski definition) is 4. The van der Waals surface area contributed by atoms with Crippen molar-refractivity contribution in [1.29, 1.82) is 0 Å². The van der Waals surface area contributed by atoms with Gasteiger partial charge in [0.1, 0.15) is 5.69 Å². The van der Waals surface area contributed by atoms with Gasteiger partial charge in [-0.25, -0.2) is 0 Å². The van der Waals surface area contributed by atoms with Gasteiger partial charge in [-0.15, -0.1) is 0 Å². The fraction of sp³-hybridized carbons (Fsp3) is 0.625. The topological polar surface area (TPSA) is 49.5 Å². The van der Waals surface area contributed by atoms with Crippen LogP contribution in [0.3, 0.4) is 0 Å². The van der Waals surface area contributed by atoms with Gasteiger partial charge in [0.05, 0.1) is 6.20 Å². The third kappa shape index (κ3) is 1.90. The first-order valence-electron chi connectivity index (χ1n) is 3.96. The monoisotopic (exact) mass is 170 g/mol. The van der Waals surface area contributed by atoms with Gasteiger partial charge in [0.2, 0.25) is 0 Å². The SMILES string of the molecule is CC(C)CN(C)c1cnoc1O. The lowest BCUT2D eigenvalue weighted by molar-refractivity contribution is 0.278. The molecule has 0 saturated carbocycles. The second-order valence-corrected chi connectivity index (χ2v) is 3.29. The minimum atomic E-state index is -0.113. The van der Waals surface area contributed by atoms with Crippen molar-refractivity contribution in [3.63, 3.8) is 0 Å². The highest BCUT2D eigenvalue weighted by Gasteiger charge is 2.11. The Hall–Kier alpha value is -1.19. The van der Waals surface area contributed by atoms with Crippen LogP contribution in [0.4, 0.5) is 5.69 Å². The summed E-state index contributed by atoms with van der Waals surface area (Å²) >= 11 is 0. The molecule has 1 rings (SSSR count). The standard InChI is InChI=1S/C8H14N2O2/c1-6(2)5-10(3)7-4-9-12-8(7)11/h4,6,11H,5H2,1-3H3. The van der Waals surface area contributed by atoms with Crippen LogP contribution in [0.1, 0.15) is 13.8 Å². The predicted octanol–water partition coefficient (Wildman–Crippen LogP) is 1.47. The van der Waals surface area contributed by atoms with E-state index in [0.29, 0.717) is 11.6 Å². The van der Waals surface area contributed by atoms with Crippen molar-refractivity contribution in [2.45, 2.75) is 13.8 Å². The third-order valence-corrected chi connectivity index (χ3v) is 1.58. The van der Waals surface area contributed by atoms with Crippen LogP contribution in [-0.2, 0) is 0 Å². The van der Waals surface area contributed by atoms with Gasteiger partial charge >= 0.3 is 5.95 Å². The first kappa shape index (κ1) is 8.90. The van der Waals surface area contributed by atoms with E-state index in [-0.39, 0.29) is 5.95 Å². The fourth-order valence-corrected chi connectivity index (χ4v) is 1.14. The van der Waals surface area contributed by atoms with E-state index in [0.717, 1.165) is 6.54 Å². The van der Waals surface area contributed by atoms with E-state index in [2.05, 4.69) is 23.5 Å². The molecule has 0 radical (unpaired) electrons. The van der Waals surface area contributed by atoms with E-state index in [1.165, 1.54) is 6.20 Å². The number of aromatic nitrogens is 1. The van der Waals surface area contributed by atoms with Crippen molar-refractivity contribution < 1.29 is 9.63 Å². The highest BCUT2D eigenvalue weighted by molar-refractivity contribution is 5.50. The number of nitrogens with zero attached hydrogens (tertiary/aromatic N) is 2. The molecule has 0 aliphatic carbocycles. The van der Waals surface area contributed by atoms with Gasteiger partial charge in [-0.3, -0.25) is 0 Å². The zero-order valence-corrected chi connectivity index (χ0v) is 7.61. The van der Waals surface area contributed by atoms with Gasteiger partial charge in [-0.2, -0.15) is 0 Å². The third-order valence-electron chi connectivity index (χ3n) is 1.58. The largest absolute Gasteiger partial charge is 0.478 e. The van der Waals surface area contributed by atoms with E-state index in [4.69, 9.17) is 5.11 Å². The molecule has 0 spiro atoms. The smallest absolute Gasteiger partial charge is 0.332 e. The van der Waals surface area contributed by atoms with Crippen molar-refractivity contribution in [3.8, 4) is 5.95 Å². The zero-order chi connectivity index (χ0) is 9.14. The number of anilines is 1. The quantitative estimate of drug-likeness (QED) is 0.746. The molecule has 0 unspecified atom stereocenters. The molecule has 1 heterocycles. The molecule has 0 fully saturated rings.